The monoisotopic (exact) mass is 249 g/mol. The molecule has 18 heavy (non-hydrogen) atoms. The fourth-order valence-corrected chi connectivity index (χ4v) is 2.56. The van der Waals surface area contributed by atoms with Crippen molar-refractivity contribution in [3.63, 3.8) is 0 Å². The number of methoxy groups -OCH3 is 1. The van der Waals surface area contributed by atoms with Gasteiger partial charge in [0.25, 0.3) is 0 Å². The van der Waals surface area contributed by atoms with Gasteiger partial charge >= 0.3 is 5.97 Å². The Morgan fingerprint density at radius 2 is 2.28 bits per heavy atom. The van der Waals surface area contributed by atoms with E-state index in [0.717, 1.165) is 23.3 Å². The third-order valence-corrected chi connectivity index (χ3v) is 3.62. The van der Waals surface area contributed by atoms with Gasteiger partial charge < -0.3 is 15.2 Å². The average Bonchev–Trinajstić information content (AvgIpc) is 3.11. The summed E-state index contributed by atoms with van der Waals surface area (Å²) in [5, 5.41) is 12.3. The van der Waals surface area contributed by atoms with E-state index in [0.29, 0.717) is 0 Å². The molecule has 3 atom stereocenters. The molecule has 0 amide bonds. The Hall–Kier alpha value is -1.55. The Labute approximate surface area is 107 Å². The van der Waals surface area contributed by atoms with Crippen LogP contribution in [0, 0.1) is 18.8 Å². The van der Waals surface area contributed by atoms with Crippen molar-refractivity contribution < 1.29 is 14.6 Å². The SMILES string of the molecule is CNC(c1cc(C)ccc1OC)C1CC1C(=O)O. The Morgan fingerprint density at radius 3 is 2.78 bits per heavy atom. The molecule has 1 aromatic carbocycles. The van der Waals surface area contributed by atoms with Crippen molar-refractivity contribution in [1.29, 1.82) is 0 Å². The highest BCUT2D eigenvalue weighted by Gasteiger charge is 2.48. The second-order valence-corrected chi connectivity index (χ2v) is 4.86. The molecule has 4 nitrogen and oxygen atoms in total. The Kier molecular flexibility index (Phi) is 3.57. The third kappa shape index (κ3) is 2.34. The predicted molar refractivity (Wildman–Crippen MR) is 68.8 cm³/mol. The lowest BCUT2D eigenvalue weighted by atomic mass is 9.98. The minimum absolute atomic E-state index is 0.0425. The molecule has 1 aliphatic carbocycles. The first-order valence-electron chi connectivity index (χ1n) is 6.13. The number of aliphatic carboxylic acids is 1. The van der Waals surface area contributed by atoms with Gasteiger partial charge in [0.15, 0.2) is 0 Å². The molecule has 1 aromatic rings. The highest BCUT2D eigenvalue weighted by molar-refractivity contribution is 5.73. The highest BCUT2D eigenvalue weighted by Crippen LogP contribution is 2.49. The number of nitrogens with one attached hydrogen (secondary N) is 1. The van der Waals surface area contributed by atoms with E-state index in [1.165, 1.54) is 0 Å². The van der Waals surface area contributed by atoms with Crippen LogP contribution in [0.25, 0.3) is 0 Å². The second-order valence-electron chi connectivity index (χ2n) is 4.86. The van der Waals surface area contributed by atoms with Crippen molar-refractivity contribution in [3.05, 3.63) is 29.3 Å². The summed E-state index contributed by atoms with van der Waals surface area (Å²) in [7, 11) is 3.51. The lowest BCUT2D eigenvalue weighted by Gasteiger charge is -2.20. The molecule has 0 spiro atoms. The molecule has 1 fully saturated rings. The summed E-state index contributed by atoms with van der Waals surface area (Å²) in [6.07, 6.45) is 0.734. The van der Waals surface area contributed by atoms with E-state index in [9.17, 15) is 4.79 Å². The van der Waals surface area contributed by atoms with Crippen LogP contribution >= 0.6 is 0 Å². The van der Waals surface area contributed by atoms with Crippen LogP contribution in [0.2, 0.25) is 0 Å². The molecule has 0 aromatic heterocycles. The molecular formula is C14H19NO3. The van der Waals surface area contributed by atoms with Crippen LogP contribution < -0.4 is 10.1 Å². The number of benzene rings is 1. The molecule has 0 heterocycles. The van der Waals surface area contributed by atoms with Crippen LogP contribution in [0.15, 0.2) is 18.2 Å². The van der Waals surface area contributed by atoms with E-state index >= 15 is 0 Å². The molecule has 2 rings (SSSR count). The van der Waals surface area contributed by atoms with Crippen LogP contribution in [0.5, 0.6) is 5.75 Å². The molecule has 0 aliphatic heterocycles. The number of ether oxygens (including phenoxy) is 1. The van der Waals surface area contributed by atoms with Gasteiger partial charge in [-0.05, 0) is 32.4 Å². The average molecular weight is 249 g/mol. The van der Waals surface area contributed by atoms with Crippen LogP contribution in [0.1, 0.15) is 23.6 Å². The van der Waals surface area contributed by atoms with Gasteiger partial charge in [0.05, 0.1) is 13.0 Å². The van der Waals surface area contributed by atoms with Crippen molar-refractivity contribution in [1.82, 2.24) is 5.32 Å². The maximum Gasteiger partial charge on any atom is 0.306 e. The number of hydrogen-bond acceptors (Lipinski definition) is 3. The molecule has 1 saturated carbocycles. The summed E-state index contributed by atoms with van der Waals surface area (Å²) in [5.74, 6) is 0.0405. The molecule has 3 unspecified atom stereocenters. The third-order valence-electron chi connectivity index (χ3n) is 3.62. The fourth-order valence-electron chi connectivity index (χ4n) is 2.56. The number of carboxylic acid groups (broad SMARTS) is 1. The molecule has 98 valence electrons. The quantitative estimate of drug-likeness (QED) is 0.837. The van der Waals surface area contributed by atoms with Crippen molar-refractivity contribution in [2.75, 3.05) is 14.2 Å². The first-order chi connectivity index (χ1) is 8.58. The summed E-state index contributed by atoms with van der Waals surface area (Å²) in [6, 6.07) is 6.04. The van der Waals surface area contributed by atoms with E-state index < -0.39 is 5.97 Å². The van der Waals surface area contributed by atoms with Gasteiger partial charge in [0.2, 0.25) is 0 Å². The van der Waals surface area contributed by atoms with Crippen molar-refractivity contribution in [2.45, 2.75) is 19.4 Å². The maximum atomic E-state index is 11.0. The standard InChI is InChI=1S/C14H19NO3/c1-8-4-5-12(18-3)11(6-8)13(15-2)9-7-10(9)14(16)17/h4-6,9-10,13,15H,7H2,1-3H3,(H,16,17). The Balaban J connectivity index is 2.28. The molecule has 4 heteroatoms. The van der Waals surface area contributed by atoms with Gasteiger partial charge in [-0.1, -0.05) is 17.7 Å². The van der Waals surface area contributed by atoms with Crippen molar-refractivity contribution >= 4 is 5.97 Å². The summed E-state index contributed by atoms with van der Waals surface area (Å²) in [5.41, 5.74) is 2.20. The zero-order valence-electron chi connectivity index (χ0n) is 10.9. The minimum atomic E-state index is -0.702. The number of hydrogen-bond donors (Lipinski definition) is 2. The van der Waals surface area contributed by atoms with Gasteiger partial charge in [-0.25, -0.2) is 0 Å². The van der Waals surface area contributed by atoms with E-state index in [-0.39, 0.29) is 17.9 Å². The van der Waals surface area contributed by atoms with Crippen LogP contribution in [0.4, 0.5) is 0 Å². The van der Waals surface area contributed by atoms with Crippen molar-refractivity contribution in [2.24, 2.45) is 11.8 Å². The van der Waals surface area contributed by atoms with E-state index in [1.54, 1.807) is 7.11 Å². The van der Waals surface area contributed by atoms with E-state index in [1.807, 2.05) is 26.1 Å². The lowest BCUT2D eigenvalue weighted by molar-refractivity contribution is -0.138. The first-order valence-corrected chi connectivity index (χ1v) is 6.13. The fraction of sp³-hybridized carbons (Fsp3) is 0.500. The normalized spacial score (nSPS) is 23.5. The van der Waals surface area contributed by atoms with Gasteiger partial charge in [-0.3, -0.25) is 4.79 Å². The summed E-state index contributed by atoms with van der Waals surface area (Å²) in [4.78, 5) is 11.0. The lowest BCUT2D eigenvalue weighted by Crippen LogP contribution is -2.21. The van der Waals surface area contributed by atoms with Crippen LogP contribution in [-0.4, -0.2) is 25.2 Å². The largest absolute Gasteiger partial charge is 0.496 e. The minimum Gasteiger partial charge on any atom is -0.496 e. The number of aryl methyl sites for hydroxylation is 1. The van der Waals surface area contributed by atoms with Crippen molar-refractivity contribution in [3.8, 4) is 5.75 Å². The summed E-state index contributed by atoms with van der Waals surface area (Å²) >= 11 is 0. The predicted octanol–water partition coefficient (Wildman–Crippen LogP) is 1.98. The van der Waals surface area contributed by atoms with E-state index in [2.05, 4.69) is 11.4 Å². The van der Waals surface area contributed by atoms with Gasteiger partial charge in [0.1, 0.15) is 5.75 Å². The van der Waals surface area contributed by atoms with Gasteiger partial charge in [-0.15, -0.1) is 0 Å². The zero-order chi connectivity index (χ0) is 13.3. The molecule has 0 saturated heterocycles. The maximum absolute atomic E-state index is 11.0. The summed E-state index contributed by atoms with van der Waals surface area (Å²) < 4.78 is 5.37. The Morgan fingerprint density at radius 1 is 1.56 bits per heavy atom. The summed E-state index contributed by atoms with van der Waals surface area (Å²) in [6.45, 7) is 2.03. The number of carboxylic acids is 1. The smallest absolute Gasteiger partial charge is 0.306 e. The number of rotatable bonds is 5. The van der Waals surface area contributed by atoms with Crippen LogP contribution in [-0.2, 0) is 4.79 Å². The molecule has 1 aliphatic rings. The molecule has 0 radical (unpaired) electrons. The molecule has 0 bridgehead atoms. The Bertz CT molecular complexity index is 458. The zero-order valence-corrected chi connectivity index (χ0v) is 10.9. The van der Waals surface area contributed by atoms with Crippen LogP contribution in [0.3, 0.4) is 0 Å². The first kappa shape index (κ1) is 12.9. The highest BCUT2D eigenvalue weighted by atomic mass is 16.5. The molecular weight excluding hydrogens is 230 g/mol. The second kappa shape index (κ2) is 4.98. The topological polar surface area (TPSA) is 58.6 Å². The van der Waals surface area contributed by atoms with Gasteiger partial charge in [-0.2, -0.15) is 0 Å². The van der Waals surface area contributed by atoms with E-state index in [4.69, 9.17) is 9.84 Å². The van der Waals surface area contributed by atoms with Gasteiger partial charge in [0, 0.05) is 11.6 Å². The molecule has 2 N–H and O–H groups in total. The number of carbonyl (C=O) groups is 1.